The van der Waals surface area contributed by atoms with Crippen molar-refractivity contribution in [1.82, 2.24) is 5.32 Å². The molecule has 1 fully saturated rings. The summed E-state index contributed by atoms with van der Waals surface area (Å²) in [5.74, 6) is 1.48. The topological polar surface area (TPSA) is 64.3 Å². The lowest BCUT2D eigenvalue weighted by molar-refractivity contribution is -0.136. The minimum absolute atomic E-state index is 0.0164. The average Bonchev–Trinajstić information content (AvgIpc) is 2.46. The highest BCUT2D eigenvalue weighted by molar-refractivity contribution is 5.77. The van der Waals surface area contributed by atoms with E-state index in [9.17, 15) is 4.79 Å². The Labute approximate surface area is 123 Å². The van der Waals surface area contributed by atoms with Gasteiger partial charge in [-0.15, -0.1) is 0 Å². The zero-order valence-corrected chi connectivity index (χ0v) is 13.4. The number of nitrogens with one attached hydrogen (secondary N) is 1. The molecule has 0 bridgehead atoms. The first-order valence-corrected chi connectivity index (χ1v) is 8.13. The van der Waals surface area contributed by atoms with E-state index in [2.05, 4.69) is 26.1 Å². The van der Waals surface area contributed by atoms with E-state index in [1.54, 1.807) is 0 Å². The van der Waals surface area contributed by atoms with Crippen LogP contribution in [0.2, 0.25) is 0 Å². The first kappa shape index (κ1) is 17.4. The second-order valence-corrected chi connectivity index (χ2v) is 6.46. The Morgan fingerprint density at radius 1 is 1.40 bits per heavy atom. The fourth-order valence-corrected chi connectivity index (χ4v) is 2.91. The van der Waals surface area contributed by atoms with Crippen molar-refractivity contribution in [3.63, 3.8) is 0 Å². The molecule has 0 aliphatic heterocycles. The van der Waals surface area contributed by atoms with Crippen LogP contribution in [0.3, 0.4) is 0 Å². The van der Waals surface area contributed by atoms with Gasteiger partial charge in [0.25, 0.3) is 0 Å². The molecule has 1 aliphatic rings. The molecule has 20 heavy (non-hydrogen) atoms. The first-order chi connectivity index (χ1) is 9.53. The van der Waals surface area contributed by atoms with Crippen LogP contribution in [0.1, 0.15) is 59.3 Å². The quantitative estimate of drug-likeness (QED) is 0.673. The van der Waals surface area contributed by atoms with Gasteiger partial charge in [0.2, 0.25) is 5.91 Å². The van der Waals surface area contributed by atoms with Crippen LogP contribution in [0.25, 0.3) is 0 Å². The Morgan fingerprint density at radius 2 is 2.05 bits per heavy atom. The van der Waals surface area contributed by atoms with Crippen molar-refractivity contribution in [1.29, 1.82) is 0 Å². The maximum atomic E-state index is 11.7. The Hall–Kier alpha value is -0.610. The molecule has 118 valence electrons. The third-order valence-corrected chi connectivity index (χ3v) is 4.62. The number of ether oxygens (including phenoxy) is 1. The Kier molecular flexibility index (Phi) is 7.52. The van der Waals surface area contributed by atoms with Crippen LogP contribution < -0.4 is 11.1 Å². The summed E-state index contributed by atoms with van der Waals surface area (Å²) in [6.45, 7) is 8.07. The molecule has 3 N–H and O–H groups in total. The normalized spacial score (nSPS) is 26.8. The van der Waals surface area contributed by atoms with Gasteiger partial charge in [0, 0.05) is 13.1 Å². The molecule has 4 heteroatoms. The summed E-state index contributed by atoms with van der Waals surface area (Å²) in [5.41, 5.74) is 5.64. The van der Waals surface area contributed by atoms with Gasteiger partial charge in [0.05, 0.1) is 5.60 Å². The molecule has 0 aromatic carbocycles. The number of rotatable bonds is 8. The van der Waals surface area contributed by atoms with Crippen LogP contribution in [0, 0.1) is 11.8 Å². The van der Waals surface area contributed by atoms with E-state index in [-0.39, 0.29) is 18.1 Å². The summed E-state index contributed by atoms with van der Waals surface area (Å²) in [4.78, 5) is 11.7. The third kappa shape index (κ3) is 5.41. The molecule has 0 radical (unpaired) electrons. The molecule has 4 nitrogen and oxygen atoms in total. The first-order valence-electron chi connectivity index (χ1n) is 8.13. The Balaban J connectivity index is 2.34. The van der Waals surface area contributed by atoms with Gasteiger partial charge in [-0.25, -0.2) is 0 Å². The highest BCUT2D eigenvalue weighted by Gasteiger charge is 2.36. The standard InChI is InChI=1S/C16H32N2O2/c1-4-5-10-18-15(19)11-20-16(12-17)8-6-14(7-9-16)13(2)3/h13-14H,4-12,17H2,1-3H3,(H,18,19). The lowest BCUT2D eigenvalue weighted by Gasteiger charge is -2.40. The average molecular weight is 284 g/mol. The van der Waals surface area contributed by atoms with Crippen molar-refractivity contribution in [2.24, 2.45) is 17.6 Å². The molecule has 1 rings (SSSR count). The monoisotopic (exact) mass is 284 g/mol. The van der Waals surface area contributed by atoms with Gasteiger partial charge in [-0.2, -0.15) is 0 Å². The van der Waals surface area contributed by atoms with E-state index in [1.165, 1.54) is 0 Å². The summed E-state index contributed by atoms with van der Waals surface area (Å²) in [6, 6.07) is 0. The highest BCUT2D eigenvalue weighted by atomic mass is 16.5. The second kappa shape index (κ2) is 8.63. The molecule has 0 saturated heterocycles. The van der Waals surface area contributed by atoms with Gasteiger partial charge in [-0.1, -0.05) is 27.2 Å². The fraction of sp³-hybridized carbons (Fsp3) is 0.938. The number of carbonyl (C=O) groups is 1. The van der Waals surface area contributed by atoms with E-state index in [0.29, 0.717) is 6.54 Å². The van der Waals surface area contributed by atoms with Crippen LogP contribution in [0.15, 0.2) is 0 Å². The van der Waals surface area contributed by atoms with Crippen molar-refractivity contribution in [3.05, 3.63) is 0 Å². The van der Waals surface area contributed by atoms with Crippen LogP contribution in [-0.2, 0) is 9.53 Å². The summed E-state index contributed by atoms with van der Waals surface area (Å²) in [6.07, 6.45) is 6.39. The predicted octanol–water partition coefficient (Wildman–Crippen LogP) is 2.46. The number of hydrogen-bond acceptors (Lipinski definition) is 3. The zero-order valence-electron chi connectivity index (χ0n) is 13.4. The lowest BCUT2D eigenvalue weighted by atomic mass is 9.74. The minimum Gasteiger partial charge on any atom is -0.364 e. The van der Waals surface area contributed by atoms with E-state index in [1.807, 2.05) is 0 Å². The third-order valence-electron chi connectivity index (χ3n) is 4.62. The number of hydrogen-bond donors (Lipinski definition) is 2. The molecule has 0 aromatic rings. The highest BCUT2D eigenvalue weighted by Crippen LogP contribution is 2.37. The molecule has 1 aliphatic carbocycles. The minimum atomic E-state index is -0.270. The largest absolute Gasteiger partial charge is 0.364 e. The van der Waals surface area contributed by atoms with Crippen molar-refractivity contribution in [3.8, 4) is 0 Å². The van der Waals surface area contributed by atoms with E-state index in [4.69, 9.17) is 10.5 Å². The van der Waals surface area contributed by atoms with Crippen LogP contribution in [0.4, 0.5) is 0 Å². The van der Waals surface area contributed by atoms with Gasteiger partial charge < -0.3 is 15.8 Å². The van der Waals surface area contributed by atoms with Gasteiger partial charge in [0.1, 0.15) is 6.61 Å². The number of carbonyl (C=O) groups excluding carboxylic acids is 1. The molecule has 1 saturated carbocycles. The fourth-order valence-electron chi connectivity index (χ4n) is 2.91. The van der Waals surface area contributed by atoms with Crippen molar-refractivity contribution in [2.75, 3.05) is 19.7 Å². The van der Waals surface area contributed by atoms with Gasteiger partial charge in [-0.3, -0.25) is 4.79 Å². The van der Waals surface area contributed by atoms with Crippen LogP contribution in [-0.4, -0.2) is 31.2 Å². The molecule has 0 aromatic heterocycles. The van der Waals surface area contributed by atoms with Crippen LogP contribution in [0.5, 0.6) is 0 Å². The Bertz CT molecular complexity index is 284. The molecule has 0 unspecified atom stereocenters. The summed E-state index contributed by atoms with van der Waals surface area (Å²) in [5, 5.41) is 2.89. The van der Waals surface area contributed by atoms with Crippen molar-refractivity contribution >= 4 is 5.91 Å². The number of unbranched alkanes of at least 4 members (excludes halogenated alkanes) is 1. The second-order valence-electron chi connectivity index (χ2n) is 6.46. The van der Waals surface area contributed by atoms with Crippen molar-refractivity contribution < 1.29 is 9.53 Å². The van der Waals surface area contributed by atoms with Crippen LogP contribution >= 0.6 is 0 Å². The van der Waals surface area contributed by atoms with Gasteiger partial charge >= 0.3 is 0 Å². The smallest absolute Gasteiger partial charge is 0.246 e. The van der Waals surface area contributed by atoms with E-state index >= 15 is 0 Å². The maximum Gasteiger partial charge on any atom is 0.246 e. The summed E-state index contributed by atoms with van der Waals surface area (Å²) >= 11 is 0. The van der Waals surface area contributed by atoms with E-state index < -0.39 is 0 Å². The molecule has 0 spiro atoms. The summed E-state index contributed by atoms with van der Waals surface area (Å²) < 4.78 is 5.90. The molecule has 0 atom stereocenters. The molecule has 1 amide bonds. The zero-order chi connectivity index (χ0) is 15.0. The molecular weight excluding hydrogens is 252 g/mol. The lowest BCUT2D eigenvalue weighted by Crippen LogP contribution is -2.46. The molecule has 0 heterocycles. The van der Waals surface area contributed by atoms with Crippen molar-refractivity contribution in [2.45, 2.75) is 64.9 Å². The SMILES string of the molecule is CCCCNC(=O)COC1(CN)CCC(C(C)C)CC1. The maximum absolute atomic E-state index is 11.7. The van der Waals surface area contributed by atoms with E-state index in [0.717, 1.165) is 56.9 Å². The van der Waals surface area contributed by atoms with Gasteiger partial charge in [0.15, 0.2) is 0 Å². The number of amides is 1. The predicted molar refractivity (Wildman–Crippen MR) is 82.5 cm³/mol. The Morgan fingerprint density at radius 3 is 2.55 bits per heavy atom. The summed E-state index contributed by atoms with van der Waals surface area (Å²) in [7, 11) is 0. The number of nitrogens with two attached hydrogens (primary N) is 1. The van der Waals surface area contributed by atoms with Gasteiger partial charge in [-0.05, 0) is 43.9 Å². The molecular formula is C16H32N2O2.